The molecule has 106 valence electrons. The number of nitrogens with one attached hydrogen (secondary N) is 1. The highest BCUT2D eigenvalue weighted by Gasteiger charge is 2.35. The van der Waals surface area contributed by atoms with Crippen molar-refractivity contribution in [1.29, 1.82) is 0 Å². The molecule has 1 aromatic carbocycles. The number of ether oxygens (including phenoxy) is 1. The molecule has 0 bridgehead atoms. The Bertz CT molecular complexity index is 396. The van der Waals surface area contributed by atoms with E-state index < -0.39 is 0 Å². The summed E-state index contributed by atoms with van der Waals surface area (Å²) < 4.78 is 6.23. The minimum atomic E-state index is 0.234. The zero-order valence-electron chi connectivity index (χ0n) is 12.2. The Morgan fingerprint density at radius 1 is 1.37 bits per heavy atom. The largest absolute Gasteiger partial charge is 0.491 e. The fourth-order valence-electron chi connectivity index (χ4n) is 2.46. The standard InChI is InChI=1S/C16H25NOS/c1-13(2)18-15-7-4-6-14(10-15)11-17-12-16(19-3)8-5-9-16/h4,6-7,10,13,17H,5,8-9,11-12H2,1-3H3. The predicted octanol–water partition coefficient (Wildman–Crippen LogP) is 3.85. The summed E-state index contributed by atoms with van der Waals surface area (Å²) in [4.78, 5) is 0. The molecule has 0 aromatic heterocycles. The zero-order valence-corrected chi connectivity index (χ0v) is 13.1. The van der Waals surface area contributed by atoms with Crippen molar-refractivity contribution in [1.82, 2.24) is 5.32 Å². The molecule has 19 heavy (non-hydrogen) atoms. The molecule has 0 spiro atoms. The molecule has 1 aliphatic carbocycles. The van der Waals surface area contributed by atoms with Crippen molar-refractivity contribution >= 4 is 11.8 Å². The molecular formula is C16H25NOS. The van der Waals surface area contributed by atoms with Crippen LogP contribution in [0.1, 0.15) is 38.7 Å². The van der Waals surface area contributed by atoms with E-state index in [0.717, 1.165) is 18.8 Å². The lowest BCUT2D eigenvalue weighted by Crippen LogP contribution is -2.43. The molecule has 1 fully saturated rings. The van der Waals surface area contributed by atoms with Crippen LogP contribution in [0.25, 0.3) is 0 Å². The van der Waals surface area contributed by atoms with Gasteiger partial charge in [0.15, 0.2) is 0 Å². The number of hydrogen-bond acceptors (Lipinski definition) is 3. The first-order valence-electron chi connectivity index (χ1n) is 7.15. The Balaban J connectivity index is 1.82. The second-order valence-corrected chi connectivity index (χ2v) is 6.93. The summed E-state index contributed by atoms with van der Waals surface area (Å²) in [6, 6.07) is 8.40. The Hall–Kier alpha value is -0.670. The number of hydrogen-bond donors (Lipinski definition) is 1. The second-order valence-electron chi connectivity index (χ2n) is 5.66. The van der Waals surface area contributed by atoms with E-state index in [9.17, 15) is 0 Å². The second kappa shape index (κ2) is 6.67. The van der Waals surface area contributed by atoms with Gasteiger partial charge < -0.3 is 10.1 Å². The Morgan fingerprint density at radius 3 is 2.74 bits per heavy atom. The van der Waals surface area contributed by atoms with E-state index in [2.05, 4.69) is 43.6 Å². The van der Waals surface area contributed by atoms with E-state index in [1.54, 1.807) is 0 Å². The van der Waals surface area contributed by atoms with Gasteiger partial charge in [0.25, 0.3) is 0 Å². The molecule has 1 N–H and O–H groups in total. The van der Waals surface area contributed by atoms with Crippen molar-refractivity contribution in [3.8, 4) is 5.75 Å². The van der Waals surface area contributed by atoms with E-state index in [1.165, 1.54) is 24.8 Å². The summed E-state index contributed by atoms with van der Waals surface area (Å²) in [5, 5.41) is 3.60. The predicted molar refractivity (Wildman–Crippen MR) is 84.0 cm³/mol. The first-order valence-corrected chi connectivity index (χ1v) is 8.37. The number of thioether (sulfide) groups is 1. The SMILES string of the molecule is CSC1(CNCc2cccc(OC(C)C)c2)CCC1. The van der Waals surface area contributed by atoms with Crippen molar-refractivity contribution in [3.05, 3.63) is 29.8 Å². The third-order valence-corrected chi connectivity index (χ3v) is 5.16. The number of benzene rings is 1. The van der Waals surface area contributed by atoms with Crippen LogP contribution in [-0.4, -0.2) is 23.7 Å². The molecule has 1 aliphatic rings. The summed E-state index contributed by atoms with van der Waals surface area (Å²) in [6.07, 6.45) is 6.57. The Labute approximate surface area is 121 Å². The van der Waals surface area contributed by atoms with Gasteiger partial charge in [-0.25, -0.2) is 0 Å². The van der Waals surface area contributed by atoms with Crippen LogP contribution in [0.3, 0.4) is 0 Å². The molecular weight excluding hydrogens is 254 g/mol. The van der Waals surface area contributed by atoms with Gasteiger partial charge >= 0.3 is 0 Å². The fraction of sp³-hybridized carbons (Fsp3) is 0.625. The molecule has 0 heterocycles. The third kappa shape index (κ3) is 4.15. The van der Waals surface area contributed by atoms with Gasteiger partial charge in [0.1, 0.15) is 5.75 Å². The fourth-order valence-corrected chi connectivity index (χ4v) is 3.40. The molecule has 2 nitrogen and oxygen atoms in total. The first-order chi connectivity index (χ1) is 9.13. The van der Waals surface area contributed by atoms with E-state index in [-0.39, 0.29) is 6.10 Å². The lowest BCUT2D eigenvalue weighted by molar-refractivity contribution is 0.242. The zero-order chi connectivity index (χ0) is 13.7. The summed E-state index contributed by atoms with van der Waals surface area (Å²) >= 11 is 2.02. The van der Waals surface area contributed by atoms with E-state index in [1.807, 2.05) is 17.8 Å². The Kier molecular flexibility index (Phi) is 5.17. The third-order valence-electron chi connectivity index (χ3n) is 3.74. The highest BCUT2D eigenvalue weighted by molar-refractivity contribution is 8.00. The van der Waals surface area contributed by atoms with Crippen LogP contribution >= 0.6 is 11.8 Å². The molecule has 0 saturated heterocycles. The van der Waals surface area contributed by atoms with Crippen LogP contribution in [0.4, 0.5) is 0 Å². The Morgan fingerprint density at radius 2 is 2.16 bits per heavy atom. The van der Waals surface area contributed by atoms with E-state index in [4.69, 9.17) is 4.74 Å². The molecule has 0 unspecified atom stereocenters. The van der Waals surface area contributed by atoms with Crippen molar-refractivity contribution < 1.29 is 4.74 Å². The van der Waals surface area contributed by atoms with Gasteiger partial charge in [0.2, 0.25) is 0 Å². The molecule has 2 rings (SSSR count). The van der Waals surface area contributed by atoms with Gasteiger partial charge in [-0.2, -0.15) is 11.8 Å². The highest BCUT2D eigenvalue weighted by Crippen LogP contribution is 2.42. The van der Waals surface area contributed by atoms with Gasteiger partial charge in [0.05, 0.1) is 6.10 Å². The van der Waals surface area contributed by atoms with Gasteiger partial charge in [-0.05, 0) is 50.6 Å². The van der Waals surface area contributed by atoms with Crippen LogP contribution in [0, 0.1) is 0 Å². The molecule has 0 radical (unpaired) electrons. The van der Waals surface area contributed by atoms with Crippen LogP contribution < -0.4 is 10.1 Å². The highest BCUT2D eigenvalue weighted by atomic mass is 32.2. The van der Waals surface area contributed by atoms with E-state index >= 15 is 0 Å². The summed E-state index contributed by atoms with van der Waals surface area (Å²) in [5.41, 5.74) is 1.30. The molecule has 3 heteroatoms. The molecule has 0 atom stereocenters. The minimum absolute atomic E-state index is 0.234. The maximum atomic E-state index is 5.72. The number of rotatable bonds is 7. The van der Waals surface area contributed by atoms with Gasteiger partial charge in [-0.1, -0.05) is 18.6 Å². The average Bonchev–Trinajstić information content (AvgIpc) is 2.32. The lowest BCUT2D eigenvalue weighted by Gasteiger charge is -2.40. The minimum Gasteiger partial charge on any atom is -0.491 e. The van der Waals surface area contributed by atoms with E-state index in [0.29, 0.717) is 4.75 Å². The summed E-state index contributed by atoms with van der Waals surface area (Å²) in [7, 11) is 0. The van der Waals surface area contributed by atoms with Crippen LogP contribution in [0.15, 0.2) is 24.3 Å². The first kappa shape index (κ1) is 14.7. The average molecular weight is 279 g/mol. The van der Waals surface area contributed by atoms with Gasteiger partial charge in [-0.3, -0.25) is 0 Å². The monoisotopic (exact) mass is 279 g/mol. The van der Waals surface area contributed by atoms with Crippen molar-refractivity contribution in [3.63, 3.8) is 0 Å². The summed E-state index contributed by atoms with van der Waals surface area (Å²) in [5.74, 6) is 0.970. The topological polar surface area (TPSA) is 21.3 Å². The van der Waals surface area contributed by atoms with Crippen LogP contribution in [0.5, 0.6) is 5.75 Å². The van der Waals surface area contributed by atoms with Gasteiger partial charge in [-0.15, -0.1) is 0 Å². The maximum Gasteiger partial charge on any atom is 0.120 e. The maximum absolute atomic E-state index is 5.72. The summed E-state index contributed by atoms with van der Waals surface area (Å²) in [6.45, 7) is 6.16. The normalized spacial score (nSPS) is 17.3. The van der Waals surface area contributed by atoms with Crippen molar-refractivity contribution in [2.45, 2.75) is 50.5 Å². The molecule has 0 amide bonds. The van der Waals surface area contributed by atoms with Crippen molar-refractivity contribution in [2.24, 2.45) is 0 Å². The smallest absolute Gasteiger partial charge is 0.120 e. The molecule has 1 saturated carbocycles. The van der Waals surface area contributed by atoms with Crippen LogP contribution in [0.2, 0.25) is 0 Å². The molecule has 0 aliphatic heterocycles. The van der Waals surface area contributed by atoms with Crippen LogP contribution in [-0.2, 0) is 6.54 Å². The van der Waals surface area contributed by atoms with Gasteiger partial charge in [0, 0.05) is 17.8 Å². The quantitative estimate of drug-likeness (QED) is 0.819. The molecule has 1 aromatic rings. The lowest BCUT2D eigenvalue weighted by atomic mass is 9.84. The van der Waals surface area contributed by atoms with Crippen molar-refractivity contribution in [2.75, 3.05) is 12.8 Å².